The first-order chi connectivity index (χ1) is 20.2. The number of hydrogen-bond acceptors (Lipinski definition) is 9. The fourth-order valence-corrected chi connectivity index (χ4v) is 55.6. The number of rotatable bonds is 7. The molecule has 4 unspecified atom stereocenters. The van der Waals surface area contributed by atoms with E-state index in [2.05, 4.69) is 146 Å². The van der Waals surface area contributed by atoms with Gasteiger partial charge in [0.05, 0.1) is 0 Å². The van der Waals surface area contributed by atoms with Crippen molar-refractivity contribution in [3.8, 4) is 0 Å². The lowest BCUT2D eigenvalue weighted by atomic mass is 11.0. The van der Waals surface area contributed by atoms with Crippen molar-refractivity contribution in [3.63, 3.8) is 0 Å². The molecule has 2 heterocycles. The summed E-state index contributed by atoms with van der Waals surface area (Å²) in [5, 5.41) is 0. The van der Waals surface area contributed by atoms with Gasteiger partial charge in [0, 0.05) is 0 Å². The predicted molar refractivity (Wildman–Crippen MR) is 233 cm³/mol. The quantitative estimate of drug-likeness (QED) is 0.232. The van der Waals surface area contributed by atoms with E-state index >= 15 is 0 Å². The van der Waals surface area contributed by atoms with Gasteiger partial charge in [-0.2, -0.15) is 0 Å². The first-order valence-electron chi connectivity index (χ1n) is 17.5. The maximum Gasteiger partial charge on any atom is 0.317 e. The third-order valence-electron chi connectivity index (χ3n) is 7.46. The third-order valence-corrected chi connectivity index (χ3v) is 47.8. The van der Waals surface area contributed by atoms with Gasteiger partial charge in [0.2, 0.25) is 0 Å². The highest BCUT2D eigenvalue weighted by molar-refractivity contribution is 6.94. The molecule has 9 nitrogen and oxygen atoms in total. The van der Waals surface area contributed by atoms with Crippen LogP contribution in [0.4, 0.5) is 0 Å². The third kappa shape index (κ3) is 20.9. The summed E-state index contributed by atoms with van der Waals surface area (Å²) in [6, 6.07) is 4.74. The van der Waals surface area contributed by atoms with Crippen LogP contribution in [0.1, 0.15) is 49.5 Å². The van der Waals surface area contributed by atoms with Crippen molar-refractivity contribution in [2.75, 3.05) is 0 Å². The molecule has 0 aromatic carbocycles. The van der Waals surface area contributed by atoms with E-state index in [-0.39, 0.29) is 14.9 Å². The van der Waals surface area contributed by atoms with Gasteiger partial charge in [-0.3, -0.25) is 0 Å². The van der Waals surface area contributed by atoms with E-state index in [0.717, 1.165) is 30.2 Å². The Labute approximate surface area is 311 Å². The Balaban J connectivity index is -0.000000657. The fraction of sp³-hybridized carbons (Fsp3) is 1.00. The lowest BCUT2D eigenvalue weighted by Gasteiger charge is -2.48. The Kier molecular flexibility index (Phi) is 21.9. The summed E-state index contributed by atoms with van der Waals surface area (Å²) in [5.74, 6) is 0. The van der Waals surface area contributed by atoms with Crippen molar-refractivity contribution >= 4 is 85.1 Å². The van der Waals surface area contributed by atoms with E-state index in [1.54, 1.807) is 0 Å². The van der Waals surface area contributed by atoms with Crippen LogP contribution in [0.2, 0.25) is 142 Å². The van der Waals surface area contributed by atoms with E-state index in [1.165, 1.54) is 0 Å². The summed E-state index contributed by atoms with van der Waals surface area (Å²) >= 11 is 0. The van der Waals surface area contributed by atoms with Crippen LogP contribution in [0.25, 0.3) is 0 Å². The largest absolute Gasteiger partial charge is 0.456 e. The molecule has 0 aromatic heterocycles. The maximum atomic E-state index is 6.52. The van der Waals surface area contributed by atoms with E-state index < -0.39 is 85.1 Å². The smallest absolute Gasteiger partial charge is 0.317 e. The molecule has 2 saturated heterocycles. The van der Waals surface area contributed by atoms with Crippen molar-refractivity contribution in [2.24, 2.45) is 0 Å². The lowest BCUT2D eigenvalue weighted by Crippen LogP contribution is -2.66. The second kappa shape index (κ2) is 19.4. The summed E-state index contributed by atoms with van der Waals surface area (Å²) in [6.45, 7) is 47.6. The van der Waals surface area contributed by atoms with Crippen molar-refractivity contribution in [1.82, 2.24) is 0 Å². The summed E-state index contributed by atoms with van der Waals surface area (Å²) in [5.41, 5.74) is 0. The molecule has 4 atom stereocenters. The minimum atomic E-state index is -2.17. The molecule has 0 saturated carbocycles. The molecular weight excluding hydrogens is 773 g/mol. The highest BCUT2D eigenvalue weighted by Gasteiger charge is 2.54. The Morgan fingerprint density at radius 3 is 0.646 bits per heavy atom. The lowest BCUT2D eigenvalue weighted by molar-refractivity contribution is 0.227. The van der Waals surface area contributed by atoms with Gasteiger partial charge in [-0.1, -0.05) is 49.5 Å². The zero-order chi connectivity index (χ0) is 36.9. The van der Waals surface area contributed by atoms with Gasteiger partial charge in [-0.05, 0) is 142 Å². The molecular formula is C29H84O9Si10. The molecule has 2 aliphatic rings. The Morgan fingerprint density at radius 2 is 0.500 bits per heavy atom. The molecule has 294 valence electrons. The summed E-state index contributed by atoms with van der Waals surface area (Å²) in [6.07, 6.45) is 0. The Bertz CT molecular complexity index is 887. The summed E-state index contributed by atoms with van der Waals surface area (Å²) in [4.78, 5) is 0. The van der Waals surface area contributed by atoms with Crippen molar-refractivity contribution < 1.29 is 37.0 Å². The average Bonchev–Trinajstić information content (AvgIpc) is 2.78. The molecule has 2 rings (SSSR count). The van der Waals surface area contributed by atoms with E-state index in [1.807, 2.05) is 0 Å². The van der Waals surface area contributed by atoms with Gasteiger partial charge >= 0.3 is 68.5 Å². The Morgan fingerprint density at radius 1 is 0.333 bits per heavy atom. The van der Waals surface area contributed by atoms with Crippen LogP contribution < -0.4 is 0 Å². The standard InChI is InChI=1S/C11H30O4Si4.C10H28O4Si4.C6H18OSi2.2CH4/c1-9-17(6)12-16(4,5)13-18(7,10-2)15-19(8,11-3)14-17;1-9-17(7)12-15(3,4)11-16(5,6)13-18(8,10-2)14-17;1-8(2,3)7-9(4,5)6;;/h9-11H2,1-8H3;9-10H2,1-8H3;1-6H3;2*1H4. The monoisotopic (exact) mass is 856 g/mol. The van der Waals surface area contributed by atoms with Crippen molar-refractivity contribution in [3.05, 3.63) is 0 Å². The van der Waals surface area contributed by atoms with Gasteiger partial charge in [0.1, 0.15) is 0 Å². The van der Waals surface area contributed by atoms with E-state index in [9.17, 15) is 0 Å². The van der Waals surface area contributed by atoms with Crippen LogP contribution in [0.5, 0.6) is 0 Å². The van der Waals surface area contributed by atoms with E-state index in [4.69, 9.17) is 37.0 Å². The SMILES string of the molecule is C.C.CC[Si]1(C)O[Si](C)(C)O[Si](C)(C)O[Si](C)(CC)O1.CC[Si]1(C)O[Si](C)(C)O[Si](C)(CC)O[Si](C)(CC)O1.C[Si](C)(C)O[Si](C)(C)C. The molecule has 0 radical (unpaired) electrons. The van der Waals surface area contributed by atoms with Crippen LogP contribution in [0.3, 0.4) is 0 Å². The second-order valence-corrected chi connectivity index (χ2v) is 55.9. The van der Waals surface area contributed by atoms with Crippen LogP contribution >= 0.6 is 0 Å². The Hall–Kier alpha value is 1.81. The van der Waals surface area contributed by atoms with Crippen molar-refractivity contribution in [2.45, 2.75) is 191 Å². The summed E-state index contributed by atoms with van der Waals surface area (Å²) < 4.78 is 57.3. The molecule has 0 amide bonds. The topological polar surface area (TPSA) is 83.1 Å². The second-order valence-electron chi connectivity index (χ2n) is 16.8. The number of hydrogen-bond donors (Lipinski definition) is 0. The van der Waals surface area contributed by atoms with E-state index in [0.29, 0.717) is 0 Å². The highest BCUT2D eigenvalue weighted by atomic mass is 28.5. The normalized spacial score (nSPS) is 34.9. The molecule has 2 aliphatic heterocycles. The minimum Gasteiger partial charge on any atom is -0.456 e. The zero-order valence-corrected chi connectivity index (χ0v) is 44.2. The molecule has 0 aliphatic carbocycles. The molecule has 0 N–H and O–H groups in total. The fourth-order valence-electron chi connectivity index (χ4n) is 5.85. The minimum absolute atomic E-state index is 0. The molecule has 2 fully saturated rings. The first kappa shape index (κ1) is 54.2. The highest BCUT2D eigenvalue weighted by Crippen LogP contribution is 2.36. The van der Waals surface area contributed by atoms with Crippen LogP contribution in [0.15, 0.2) is 0 Å². The van der Waals surface area contributed by atoms with Gasteiger partial charge < -0.3 is 37.0 Å². The van der Waals surface area contributed by atoms with Crippen LogP contribution in [0, 0.1) is 0 Å². The summed E-state index contributed by atoms with van der Waals surface area (Å²) in [7, 11) is -19.7. The molecule has 19 heteroatoms. The average molecular weight is 858 g/mol. The predicted octanol–water partition coefficient (Wildman–Crippen LogP) is 11.6. The van der Waals surface area contributed by atoms with Crippen LogP contribution in [-0.4, -0.2) is 85.1 Å². The maximum absolute atomic E-state index is 6.52. The van der Waals surface area contributed by atoms with Gasteiger partial charge in [0.25, 0.3) is 0 Å². The molecule has 0 spiro atoms. The van der Waals surface area contributed by atoms with Gasteiger partial charge in [0.15, 0.2) is 16.6 Å². The molecule has 0 bridgehead atoms. The molecule has 0 aromatic rings. The first-order valence-corrected chi connectivity index (χ1v) is 45.4. The van der Waals surface area contributed by atoms with Gasteiger partial charge in [-0.15, -0.1) is 0 Å². The van der Waals surface area contributed by atoms with Gasteiger partial charge in [-0.25, -0.2) is 0 Å². The van der Waals surface area contributed by atoms with Crippen molar-refractivity contribution in [1.29, 1.82) is 0 Å². The molecule has 48 heavy (non-hydrogen) atoms. The van der Waals surface area contributed by atoms with Crippen LogP contribution in [-0.2, 0) is 37.0 Å². The zero-order valence-electron chi connectivity index (χ0n) is 34.2.